The molecule has 1 heterocycles. The van der Waals surface area contributed by atoms with Crippen LogP contribution in [0.25, 0.3) is 0 Å². The third kappa shape index (κ3) is 3.29. The minimum Gasteiger partial charge on any atom is -0.450 e. The van der Waals surface area contributed by atoms with Gasteiger partial charge in [0.15, 0.2) is 0 Å². The fourth-order valence-corrected chi connectivity index (χ4v) is 3.66. The lowest BCUT2D eigenvalue weighted by molar-refractivity contribution is 0.168. The summed E-state index contributed by atoms with van der Waals surface area (Å²) in [5.74, 6) is 0. The van der Waals surface area contributed by atoms with Crippen molar-refractivity contribution >= 4 is 21.8 Å². The highest BCUT2D eigenvalue weighted by Crippen LogP contribution is 2.23. The van der Waals surface area contributed by atoms with E-state index in [1.54, 1.807) is 19.1 Å². The Morgan fingerprint density at radius 1 is 1.35 bits per heavy atom. The molecule has 0 unspecified atom stereocenters. The van der Waals surface area contributed by atoms with Crippen LogP contribution in [0.15, 0.2) is 29.2 Å². The Balaban J connectivity index is 2.18. The molecule has 0 spiro atoms. The molecule has 1 N–H and O–H groups in total. The first-order chi connectivity index (χ1) is 9.54. The predicted octanol–water partition coefficient (Wildman–Crippen LogP) is 2.04. The molecule has 0 bridgehead atoms. The van der Waals surface area contributed by atoms with E-state index in [1.807, 2.05) is 0 Å². The van der Waals surface area contributed by atoms with Crippen molar-refractivity contribution < 1.29 is 17.9 Å². The Labute approximate surface area is 118 Å². The monoisotopic (exact) mass is 298 g/mol. The third-order valence-electron chi connectivity index (χ3n) is 3.06. The number of nitrogens with zero attached hydrogens (tertiary/aromatic N) is 1. The molecule has 1 fully saturated rings. The van der Waals surface area contributed by atoms with Crippen molar-refractivity contribution in [3.05, 3.63) is 24.3 Å². The van der Waals surface area contributed by atoms with Crippen molar-refractivity contribution in [2.75, 3.05) is 25.0 Å². The molecule has 2 rings (SSSR count). The first kappa shape index (κ1) is 14.8. The number of ether oxygens (including phenoxy) is 1. The minimum atomic E-state index is -3.47. The zero-order valence-corrected chi connectivity index (χ0v) is 12.1. The van der Waals surface area contributed by atoms with E-state index < -0.39 is 16.1 Å². The van der Waals surface area contributed by atoms with Gasteiger partial charge in [-0.05, 0) is 38.0 Å². The van der Waals surface area contributed by atoms with Crippen molar-refractivity contribution in [3.8, 4) is 0 Å². The average Bonchev–Trinajstić information content (AvgIpc) is 2.94. The maximum absolute atomic E-state index is 12.4. The molecule has 0 aliphatic carbocycles. The molecular formula is C13H18N2O4S. The van der Waals surface area contributed by atoms with Gasteiger partial charge in [-0.3, -0.25) is 5.32 Å². The number of carbonyl (C=O) groups is 1. The van der Waals surface area contributed by atoms with E-state index in [-0.39, 0.29) is 11.5 Å². The highest BCUT2D eigenvalue weighted by Gasteiger charge is 2.27. The van der Waals surface area contributed by atoms with Crippen LogP contribution in [0.2, 0.25) is 0 Å². The summed E-state index contributed by atoms with van der Waals surface area (Å²) in [7, 11) is -3.47. The molecule has 1 aliphatic heterocycles. The average molecular weight is 298 g/mol. The second kappa shape index (κ2) is 6.23. The van der Waals surface area contributed by atoms with Crippen LogP contribution in [0, 0.1) is 0 Å². The number of amides is 1. The first-order valence-electron chi connectivity index (χ1n) is 6.58. The van der Waals surface area contributed by atoms with Crippen molar-refractivity contribution in [2.45, 2.75) is 24.7 Å². The van der Waals surface area contributed by atoms with Crippen LogP contribution in [0.5, 0.6) is 0 Å². The summed E-state index contributed by atoms with van der Waals surface area (Å²) in [5.41, 5.74) is 0.406. The lowest BCUT2D eigenvalue weighted by atomic mass is 10.3. The lowest BCUT2D eigenvalue weighted by Gasteiger charge is -2.16. The second-order valence-corrected chi connectivity index (χ2v) is 6.42. The Kier molecular flexibility index (Phi) is 4.61. The maximum Gasteiger partial charge on any atom is 0.411 e. The molecule has 110 valence electrons. The van der Waals surface area contributed by atoms with Gasteiger partial charge in [-0.2, -0.15) is 4.31 Å². The quantitative estimate of drug-likeness (QED) is 0.923. The molecule has 1 amide bonds. The van der Waals surface area contributed by atoms with Crippen molar-refractivity contribution in [1.29, 1.82) is 0 Å². The third-order valence-corrected chi connectivity index (χ3v) is 4.95. The smallest absolute Gasteiger partial charge is 0.411 e. The topological polar surface area (TPSA) is 75.7 Å². The highest BCUT2D eigenvalue weighted by molar-refractivity contribution is 7.89. The number of hydrogen-bond donors (Lipinski definition) is 1. The minimum absolute atomic E-state index is 0.189. The summed E-state index contributed by atoms with van der Waals surface area (Å²) < 4.78 is 31.0. The van der Waals surface area contributed by atoms with E-state index in [0.29, 0.717) is 18.8 Å². The summed E-state index contributed by atoms with van der Waals surface area (Å²) in [6, 6.07) is 6.21. The van der Waals surface area contributed by atoms with Gasteiger partial charge in [0.1, 0.15) is 0 Å². The van der Waals surface area contributed by atoms with Gasteiger partial charge in [0.2, 0.25) is 10.0 Å². The van der Waals surface area contributed by atoms with E-state index in [4.69, 9.17) is 4.74 Å². The fraction of sp³-hybridized carbons (Fsp3) is 0.462. The largest absolute Gasteiger partial charge is 0.450 e. The molecule has 20 heavy (non-hydrogen) atoms. The van der Waals surface area contributed by atoms with Crippen LogP contribution < -0.4 is 5.32 Å². The predicted molar refractivity (Wildman–Crippen MR) is 75.1 cm³/mol. The number of anilines is 1. The van der Waals surface area contributed by atoms with Gasteiger partial charge < -0.3 is 4.74 Å². The SMILES string of the molecule is CCOC(=O)Nc1cccc(S(=O)(=O)N2CCCC2)c1. The highest BCUT2D eigenvalue weighted by atomic mass is 32.2. The molecule has 1 aromatic carbocycles. The second-order valence-electron chi connectivity index (χ2n) is 4.48. The number of carbonyl (C=O) groups excluding carboxylic acids is 1. The van der Waals surface area contributed by atoms with E-state index in [2.05, 4.69) is 5.32 Å². The number of sulfonamides is 1. The van der Waals surface area contributed by atoms with Crippen LogP contribution in [-0.4, -0.2) is 38.5 Å². The summed E-state index contributed by atoms with van der Waals surface area (Å²) in [5, 5.41) is 2.50. The van der Waals surface area contributed by atoms with Gasteiger partial charge in [0.25, 0.3) is 0 Å². The van der Waals surface area contributed by atoms with Gasteiger partial charge in [-0.1, -0.05) is 6.07 Å². The van der Waals surface area contributed by atoms with Crippen molar-refractivity contribution in [1.82, 2.24) is 4.31 Å². The number of nitrogens with one attached hydrogen (secondary N) is 1. The zero-order chi connectivity index (χ0) is 14.6. The van der Waals surface area contributed by atoms with Gasteiger partial charge in [0.05, 0.1) is 11.5 Å². The van der Waals surface area contributed by atoms with Crippen molar-refractivity contribution in [2.24, 2.45) is 0 Å². The van der Waals surface area contributed by atoms with Gasteiger partial charge in [0, 0.05) is 18.8 Å². The standard InChI is InChI=1S/C13H18N2O4S/c1-2-19-13(16)14-11-6-5-7-12(10-11)20(17,18)15-8-3-4-9-15/h5-7,10H,2-4,8-9H2,1H3,(H,14,16). The van der Waals surface area contributed by atoms with Gasteiger partial charge in [-0.25, -0.2) is 13.2 Å². The van der Waals surface area contributed by atoms with E-state index >= 15 is 0 Å². The molecule has 0 saturated carbocycles. The number of rotatable bonds is 4. The molecule has 0 aromatic heterocycles. The Morgan fingerprint density at radius 3 is 2.70 bits per heavy atom. The Hall–Kier alpha value is -1.60. The first-order valence-corrected chi connectivity index (χ1v) is 8.02. The van der Waals surface area contributed by atoms with Crippen LogP contribution in [0.3, 0.4) is 0 Å². The molecule has 7 heteroatoms. The van der Waals surface area contributed by atoms with Crippen molar-refractivity contribution in [3.63, 3.8) is 0 Å². The Bertz CT molecular complexity index is 580. The molecule has 0 radical (unpaired) electrons. The number of hydrogen-bond acceptors (Lipinski definition) is 4. The van der Waals surface area contributed by atoms with Crippen LogP contribution >= 0.6 is 0 Å². The van der Waals surface area contributed by atoms with Crippen LogP contribution in [-0.2, 0) is 14.8 Å². The molecule has 0 atom stereocenters. The van der Waals surface area contributed by atoms with E-state index in [9.17, 15) is 13.2 Å². The molecule has 1 saturated heterocycles. The van der Waals surface area contributed by atoms with Gasteiger partial charge >= 0.3 is 6.09 Å². The van der Waals surface area contributed by atoms with Gasteiger partial charge in [-0.15, -0.1) is 0 Å². The summed E-state index contributed by atoms with van der Waals surface area (Å²) >= 11 is 0. The lowest BCUT2D eigenvalue weighted by Crippen LogP contribution is -2.27. The molecular weight excluding hydrogens is 280 g/mol. The van der Waals surface area contributed by atoms with Crippen LogP contribution in [0.1, 0.15) is 19.8 Å². The van der Waals surface area contributed by atoms with E-state index in [1.165, 1.54) is 16.4 Å². The van der Waals surface area contributed by atoms with E-state index in [0.717, 1.165) is 12.8 Å². The Morgan fingerprint density at radius 2 is 2.05 bits per heavy atom. The van der Waals surface area contributed by atoms with Crippen LogP contribution in [0.4, 0.5) is 10.5 Å². The molecule has 6 nitrogen and oxygen atoms in total. The fourth-order valence-electron chi connectivity index (χ4n) is 2.10. The maximum atomic E-state index is 12.4. The molecule has 1 aromatic rings. The number of benzene rings is 1. The summed E-state index contributed by atoms with van der Waals surface area (Å²) in [4.78, 5) is 11.5. The summed E-state index contributed by atoms with van der Waals surface area (Å²) in [6.07, 6.45) is 1.18. The summed E-state index contributed by atoms with van der Waals surface area (Å²) in [6.45, 7) is 3.07. The normalized spacial score (nSPS) is 16.1. The zero-order valence-electron chi connectivity index (χ0n) is 11.3. The molecule has 1 aliphatic rings.